The molecule has 15 heteroatoms. The molecule has 0 radical (unpaired) electrons. The first-order valence-corrected chi connectivity index (χ1v) is 14.5. The molecule has 43 heavy (non-hydrogen) atoms. The van der Waals surface area contributed by atoms with Crippen LogP contribution >= 0.6 is 0 Å². The summed E-state index contributed by atoms with van der Waals surface area (Å²) in [4.78, 5) is 13.2. The number of hydrazine groups is 1. The number of anilines is 1. The van der Waals surface area contributed by atoms with Crippen LogP contribution < -0.4 is 36.0 Å². The molecule has 0 aliphatic heterocycles. The summed E-state index contributed by atoms with van der Waals surface area (Å²) in [5.41, 5.74) is 9.69. The van der Waals surface area contributed by atoms with Crippen molar-refractivity contribution in [3.8, 4) is 34.6 Å². The molecule has 0 aliphatic rings. The maximum atomic E-state index is 13.6. The number of amidine groups is 1. The fraction of sp³-hybridized carbons (Fsp3) is 0.214. The number of aromatic nitrogens is 3. The number of rotatable bonds is 13. The highest BCUT2D eigenvalue weighted by Gasteiger charge is 2.26. The van der Waals surface area contributed by atoms with Crippen molar-refractivity contribution in [1.29, 1.82) is 0 Å². The minimum atomic E-state index is -4.19. The molecule has 4 rings (SSSR count). The maximum absolute atomic E-state index is 13.6. The van der Waals surface area contributed by atoms with Crippen molar-refractivity contribution in [1.82, 2.24) is 20.5 Å². The minimum absolute atomic E-state index is 0.00322. The normalized spacial score (nSPS) is 11.7. The van der Waals surface area contributed by atoms with Crippen LogP contribution in [-0.4, -0.2) is 54.6 Å². The quantitative estimate of drug-likeness (QED) is 0.0642. The van der Waals surface area contributed by atoms with Gasteiger partial charge in [-0.1, -0.05) is 38.1 Å². The van der Waals surface area contributed by atoms with E-state index < -0.39 is 10.0 Å². The molecule has 0 amide bonds. The van der Waals surface area contributed by atoms with E-state index in [-0.39, 0.29) is 64.6 Å². The van der Waals surface area contributed by atoms with Gasteiger partial charge in [-0.2, -0.15) is 4.98 Å². The lowest BCUT2D eigenvalue weighted by atomic mass is 10.0. The second kappa shape index (κ2) is 13.8. The van der Waals surface area contributed by atoms with Crippen molar-refractivity contribution in [2.75, 3.05) is 25.0 Å². The monoisotopic (exact) mass is 608 g/mol. The third-order valence-corrected chi connectivity index (χ3v) is 7.36. The molecule has 2 aromatic heterocycles. The molecule has 2 aromatic carbocycles. The number of ether oxygens (including phenoxy) is 3. The topological polar surface area (TPSA) is 209 Å². The summed E-state index contributed by atoms with van der Waals surface area (Å²) in [5, 5.41) is 13.3. The number of sulfonamides is 1. The van der Waals surface area contributed by atoms with Crippen molar-refractivity contribution in [2.24, 2.45) is 16.7 Å². The molecule has 0 unspecified atom stereocenters. The molecule has 0 saturated carbocycles. The summed E-state index contributed by atoms with van der Waals surface area (Å²) in [6.45, 7) is 3.48. The van der Waals surface area contributed by atoms with Gasteiger partial charge in [-0.15, -0.1) is 5.10 Å². The lowest BCUT2D eigenvalue weighted by molar-refractivity contribution is 0.192. The van der Waals surface area contributed by atoms with Crippen LogP contribution in [0.15, 0.2) is 76.9 Å². The van der Waals surface area contributed by atoms with E-state index in [2.05, 4.69) is 30.3 Å². The first-order chi connectivity index (χ1) is 20.7. The van der Waals surface area contributed by atoms with E-state index in [4.69, 9.17) is 25.8 Å². The van der Waals surface area contributed by atoms with Crippen LogP contribution in [0.5, 0.6) is 23.1 Å². The van der Waals surface area contributed by atoms with E-state index >= 15 is 0 Å². The highest BCUT2D eigenvalue weighted by Crippen LogP contribution is 2.41. The predicted molar refractivity (Wildman–Crippen MR) is 160 cm³/mol. The zero-order chi connectivity index (χ0) is 31.0. The number of hydrogen-bond donors (Lipinski definition) is 5. The summed E-state index contributed by atoms with van der Waals surface area (Å²) < 4.78 is 46.9. The second-order valence-electron chi connectivity index (χ2n) is 9.24. The Morgan fingerprint density at radius 1 is 1.07 bits per heavy atom. The Hall–Kier alpha value is -4.99. The molecule has 4 aromatic rings. The average Bonchev–Trinajstić information content (AvgIpc) is 3.01. The molecule has 14 nitrogen and oxygen atoms in total. The number of aliphatic hydroxyl groups excluding tert-OH is 1. The minimum Gasteiger partial charge on any atom is -0.493 e. The number of para-hydroxylation sites is 2. The van der Waals surface area contributed by atoms with Gasteiger partial charge in [0.25, 0.3) is 15.9 Å². The van der Waals surface area contributed by atoms with E-state index in [0.717, 1.165) is 5.56 Å². The fourth-order valence-corrected chi connectivity index (χ4v) is 4.83. The standard InChI is InChI=1S/C28H32N8O6S/c1-17(2)18-8-10-20(11-9-18)43(38,39)35-27-24(42-23-7-5-4-6-22(23)40-3)28(41-15-14-37)33-26(32-27)21-16-19(12-13-31-21)25(29)34-36-30/h4-13,16-17,36-37H,14-15,30H2,1-3H3,(H2,29,34)(H,32,33,35). The van der Waals surface area contributed by atoms with Gasteiger partial charge in [-0.3, -0.25) is 9.71 Å². The van der Waals surface area contributed by atoms with Gasteiger partial charge < -0.3 is 25.1 Å². The van der Waals surface area contributed by atoms with Crippen LogP contribution in [0.25, 0.3) is 11.5 Å². The Labute approximate surface area is 248 Å². The first kappa shape index (κ1) is 31.0. The Morgan fingerprint density at radius 2 is 1.79 bits per heavy atom. The number of nitrogens with two attached hydrogens (primary N) is 2. The van der Waals surface area contributed by atoms with Gasteiger partial charge >= 0.3 is 0 Å². The molecule has 0 spiro atoms. The van der Waals surface area contributed by atoms with Gasteiger partial charge in [0.15, 0.2) is 29.0 Å². The van der Waals surface area contributed by atoms with Crippen molar-refractivity contribution >= 4 is 21.7 Å². The third-order valence-electron chi connectivity index (χ3n) is 6.00. The molecular formula is C28H32N8O6S. The number of hydrogen-bond acceptors (Lipinski definition) is 12. The molecule has 2 heterocycles. The summed E-state index contributed by atoms with van der Waals surface area (Å²) >= 11 is 0. The van der Waals surface area contributed by atoms with E-state index in [9.17, 15) is 13.5 Å². The van der Waals surface area contributed by atoms with Crippen LogP contribution in [0.1, 0.15) is 30.9 Å². The summed E-state index contributed by atoms with van der Waals surface area (Å²) in [7, 11) is -2.73. The van der Waals surface area contributed by atoms with Gasteiger partial charge in [0.05, 0.1) is 18.6 Å². The Kier molecular flexibility index (Phi) is 9.92. The second-order valence-corrected chi connectivity index (χ2v) is 10.9. The van der Waals surface area contributed by atoms with E-state index in [1.165, 1.54) is 31.5 Å². The highest BCUT2D eigenvalue weighted by molar-refractivity contribution is 7.92. The number of nitrogens with one attached hydrogen (secondary N) is 2. The van der Waals surface area contributed by atoms with Gasteiger partial charge in [-0.25, -0.2) is 24.8 Å². The number of benzene rings is 2. The molecule has 0 bridgehead atoms. The van der Waals surface area contributed by atoms with Gasteiger partial charge in [0, 0.05) is 11.8 Å². The van der Waals surface area contributed by atoms with Crippen LogP contribution in [-0.2, 0) is 10.0 Å². The van der Waals surface area contributed by atoms with Crippen LogP contribution in [0.3, 0.4) is 0 Å². The summed E-state index contributed by atoms with van der Waals surface area (Å²) in [5.74, 6) is 5.47. The predicted octanol–water partition coefficient (Wildman–Crippen LogP) is 2.72. The van der Waals surface area contributed by atoms with Crippen molar-refractivity contribution in [2.45, 2.75) is 24.7 Å². The lowest BCUT2D eigenvalue weighted by Gasteiger charge is -2.18. The average molecular weight is 609 g/mol. The molecule has 0 fully saturated rings. The van der Waals surface area contributed by atoms with Crippen molar-refractivity contribution in [3.63, 3.8) is 0 Å². The SMILES string of the molecule is COc1ccccc1Oc1c(NS(=O)(=O)c2ccc(C(C)C)cc2)nc(-c2cc(/C(N)=N/NN)ccn2)nc1OCCO. The summed E-state index contributed by atoms with van der Waals surface area (Å²) in [6, 6.07) is 16.3. The van der Waals surface area contributed by atoms with Crippen LogP contribution in [0.2, 0.25) is 0 Å². The van der Waals surface area contributed by atoms with E-state index in [1.807, 2.05) is 13.8 Å². The number of hydrazone groups is 1. The number of nitrogens with zero attached hydrogens (tertiary/aromatic N) is 4. The summed E-state index contributed by atoms with van der Waals surface area (Å²) in [6.07, 6.45) is 1.44. The molecule has 0 atom stereocenters. The van der Waals surface area contributed by atoms with Gasteiger partial charge in [0.2, 0.25) is 5.75 Å². The Morgan fingerprint density at radius 3 is 2.44 bits per heavy atom. The smallest absolute Gasteiger partial charge is 0.263 e. The molecule has 0 saturated heterocycles. The van der Waals surface area contributed by atoms with Gasteiger partial charge in [-0.05, 0) is 47.9 Å². The van der Waals surface area contributed by atoms with Crippen molar-refractivity contribution < 1.29 is 27.7 Å². The lowest BCUT2D eigenvalue weighted by Crippen LogP contribution is -2.23. The van der Waals surface area contributed by atoms with Gasteiger partial charge in [0.1, 0.15) is 12.3 Å². The maximum Gasteiger partial charge on any atom is 0.263 e. The highest BCUT2D eigenvalue weighted by atomic mass is 32.2. The molecule has 7 N–H and O–H groups in total. The zero-order valence-corrected chi connectivity index (χ0v) is 24.5. The molecular weight excluding hydrogens is 576 g/mol. The van der Waals surface area contributed by atoms with Crippen molar-refractivity contribution in [3.05, 3.63) is 78.0 Å². The van der Waals surface area contributed by atoms with E-state index in [1.54, 1.807) is 42.5 Å². The molecule has 226 valence electrons. The van der Waals surface area contributed by atoms with Crippen LogP contribution in [0.4, 0.5) is 5.82 Å². The largest absolute Gasteiger partial charge is 0.493 e. The number of methoxy groups -OCH3 is 1. The zero-order valence-electron chi connectivity index (χ0n) is 23.7. The first-order valence-electron chi connectivity index (χ1n) is 13.0. The number of pyridine rings is 1. The van der Waals surface area contributed by atoms with Crippen LogP contribution in [0, 0.1) is 0 Å². The Balaban J connectivity index is 1.90. The van der Waals surface area contributed by atoms with E-state index in [0.29, 0.717) is 11.3 Å². The Bertz CT molecular complexity index is 1700. The molecule has 0 aliphatic carbocycles. The number of aliphatic hydroxyl groups is 1. The third kappa shape index (κ3) is 7.45. The fourth-order valence-electron chi connectivity index (χ4n) is 3.82.